The third kappa shape index (κ3) is 3.88. The molecular weight excluding hydrogens is 327 g/mol. The van der Waals surface area contributed by atoms with Gasteiger partial charge in [0.2, 0.25) is 0 Å². The lowest BCUT2D eigenvalue weighted by atomic mass is 10.2. The van der Waals surface area contributed by atoms with Crippen molar-refractivity contribution in [2.45, 2.75) is 19.4 Å². The Kier molecular flexibility index (Phi) is 4.83. The van der Waals surface area contributed by atoms with Crippen LogP contribution in [0.5, 0.6) is 11.5 Å². The molecule has 2 aromatic carbocycles. The smallest absolute Gasteiger partial charge is 0.265 e. The first-order chi connectivity index (χ1) is 12.1. The van der Waals surface area contributed by atoms with E-state index in [0.29, 0.717) is 23.5 Å². The van der Waals surface area contributed by atoms with Gasteiger partial charge >= 0.3 is 0 Å². The summed E-state index contributed by atoms with van der Waals surface area (Å²) in [4.78, 5) is 23.8. The van der Waals surface area contributed by atoms with Crippen molar-refractivity contribution in [1.82, 2.24) is 0 Å². The summed E-state index contributed by atoms with van der Waals surface area (Å²) in [5.41, 5.74) is 0.960. The summed E-state index contributed by atoms with van der Waals surface area (Å²) in [6.45, 7) is 1.74. The van der Waals surface area contributed by atoms with Gasteiger partial charge in [-0.05, 0) is 36.8 Å². The van der Waals surface area contributed by atoms with E-state index in [9.17, 15) is 14.0 Å². The molecule has 0 aliphatic carbocycles. The molecule has 0 saturated carbocycles. The molecule has 0 fully saturated rings. The average Bonchev–Trinajstić information content (AvgIpc) is 2.60. The molecule has 1 aliphatic heterocycles. The van der Waals surface area contributed by atoms with Gasteiger partial charge in [-0.1, -0.05) is 19.1 Å². The molecule has 1 heterocycles. The normalized spacial score (nSPS) is 13.9. The third-order valence-electron chi connectivity index (χ3n) is 3.65. The van der Waals surface area contributed by atoms with Crippen molar-refractivity contribution in [2.75, 3.05) is 17.2 Å². The van der Waals surface area contributed by atoms with E-state index in [1.165, 1.54) is 12.1 Å². The maximum atomic E-state index is 13.7. The van der Waals surface area contributed by atoms with Crippen LogP contribution in [-0.2, 0) is 9.59 Å². The number of halogens is 1. The first-order valence-corrected chi connectivity index (χ1v) is 7.85. The number of hydrogen-bond donors (Lipinski definition) is 2. The van der Waals surface area contributed by atoms with Gasteiger partial charge in [-0.15, -0.1) is 0 Å². The molecule has 130 valence electrons. The molecule has 0 bridgehead atoms. The second-order valence-corrected chi connectivity index (χ2v) is 5.48. The third-order valence-corrected chi connectivity index (χ3v) is 3.65. The van der Waals surface area contributed by atoms with Gasteiger partial charge in [-0.3, -0.25) is 9.59 Å². The van der Waals surface area contributed by atoms with Gasteiger partial charge in [0.05, 0.1) is 5.69 Å². The number of amides is 2. The predicted molar refractivity (Wildman–Crippen MR) is 90.3 cm³/mol. The highest BCUT2D eigenvalue weighted by atomic mass is 19.1. The highest BCUT2D eigenvalue weighted by Gasteiger charge is 2.21. The molecule has 0 saturated heterocycles. The second-order valence-electron chi connectivity index (χ2n) is 5.48. The topological polar surface area (TPSA) is 76.7 Å². The first kappa shape index (κ1) is 16.8. The maximum absolute atomic E-state index is 13.7. The Hall–Kier alpha value is -3.09. The Morgan fingerprint density at radius 3 is 2.92 bits per heavy atom. The molecule has 3 rings (SSSR count). The SMILES string of the molecule is CCC(Oc1ccccc1F)C(=O)Nc1ccc2c(c1)NC(=O)CO2. The maximum Gasteiger partial charge on any atom is 0.265 e. The van der Waals surface area contributed by atoms with Gasteiger partial charge in [0.15, 0.2) is 24.3 Å². The summed E-state index contributed by atoms with van der Waals surface area (Å²) in [6, 6.07) is 10.8. The minimum absolute atomic E-state index is 0.0237. The zero-order valence-corrected chi connectivity index (χ0v) is 13.5. The monoisotopic (exact) mass is 344 g/mol. The van der Waals surface area contributed by atoms with Crippen LogP contribution in [0.1, 0.15) is 13.3 Å². The van der Waals surface area contributed by atoms with Crippen LogP contribution >= 0.6 is 0 Å². The minimum atomic E-state index is -0.848. The van der Waals surface area contributed by atoms with Crippen molar-refractivity contribution in [3.05, 3.63) is 48.3 Å². The Labute approximate surface area is 143 Å². The van der Waals surface area contributed by atoms with E-state index in [1.54, 1.807) is 37.3 Å². The lowest BCUT2D eigenvalue weighted by Crippen LogP contribution is -2.32. The number of hydrogen-bond acceptors (Lipinski definition) is 4. The number of fused-ring (bicyclic) bond motifs is 1. The lowest BCUT2D eigenvalue weighted by Gasteiger charge is -2.20. The summed E-state index contributed by atoms with van der Waals surface area (Å²) in [5, 5.41) is 5.37. The number of carbonyl (C=O) groups is 2. The molecule has 0 radical (unpaired) electrons. The van der Waals surface area contributed by atoms with Crippen molar-refractivity contribution in [2.24, 2.45) is 0 Å². The fraction of sp³-hybridized carbons (Fsp3) is 0.222. The van der Waals surface area contributed by atoms with E-state index in [-0.39, 0.29) is 18.3 Å². The van der Waals surface area contributed by atoms with E-state index in [1.807, 2.05) is 0 Å². The van der Waals surface area contributed by atoms with Crippen LogP contribution in [0, 0.1) is 5.82 Å². The van der Waals surface area contributed by atoms with Gasteiger partial charge in [0.25, 0.3) is 11.8 Å². The minimum Gasteiger partial charge on any atom is -0.482 e. The molecule has 2 aromatic rings. The number of anilines is 2. The van der Waals surface area contributed by atoms with E-state index in [2.05, 4.69) is 10.6 Å². The van der Waals surface area contributed by atoms with Gasteiger partial charge in [-0.2, -0.15) is 0 Å². The number of ether oxygens (including phenoxy) is 2. The fourth-order valence-corrected chi connectivity index (χ4v) is 2.40. The van der Waals surface area contributed by atoms with Crippen LogP contribution in [-0.4, -0.2) is 24.5 Å². The number of carbonyl (C=O) groups excluding carboxylic acids is 2. The van der Waals surface area contributed by atoms with Crippen LogP contribution in [0.25, 0.3) is 0 Å². The van der Waals surface area contributed by atoms with Gasteiger partial charge in [0.1, 0.15) is 5.75 Å². The number of nitrogens with one attached hydrogen (secondary N) is 2. The van der Waals surface area contributed by atoms with Crippen molar-refractivity contribution in [3.8, 4) is 11.5 Å². The number of para-hydroxylation sites is 1. The van der Waals surface area contributed by atoms with Gasteiger partial charge in [0, 0.05) is 5.69 Å². The summed E-state index contributed by atoms with van der Waals surface area (Å²) in [6.07, 6.45) is -0.482. The van der Waals surface area contributed by atoms with Crippen molar-refractivity contribution in [3.63, 3.8) is 0 Å². The first-order valence-electron chi connectivity index (χ1n) is 7.85. The summed E-state index contributed by atoms with van der Waals surface area (Å²) in [5.74, 6) is -0.635. The Balaban J connectivity index is 1.71. The van der Waals surface area contributed by atoms with Crippen LogP contribution < -0.4 is 20.1 Å². The standard InChI is InChI=1S/C18H17FN2O4/c1-2-14(25-15-6-4-3-5-12(15)19)18(23)20-11-7-8-16-13(9-11)21-17(22)10-24-16/h3-9,14H,2,10H2,1H3,(H,20,23)(H,21,22). The molecule has 6 nitrogen and oxygen atoms in total. The highest BCUT2D eigenvalue weighted by molar-refractivity contribution is 5.98. The van der Waals surface area contributed by atoms with Crippen LogP contribution in [0.3, 0.4) is 0 Å². The number of rotatable bonds is 5. The molecule has 25 heavy (non-hydrogen) atoms. The zero-order valence-electron chi connectivity index (χ0n) is 13.5. The summed E-state index contributed by atoms with van der Waals surface area (Å²) in [7, 11) is 0. The van der Waals surface area contributed by atoms with Gasteiger partial charge < -0.3 is 20.1 Å². The van der Waals surface area contributed by atoms with Gasteiger partial charge in [-0.25, -0.2) is 4.39 Å². The molecule has 1 aliphatic rings. The lowest BCUT2D eigenvalue weighted by molar-refractivity contribution is -0.123. The number of benzene rings is 2. The van der Waals surface area contributed by atoms with Crippen molar-refractivity contribution >= 4 is 23.2 Å². The molecule has 0 aromatic heterocycles. The molecule has 1 atom stereocenters. The average molecular weight is 344 g/mol. The second kappa shape index (κ2) is 7.21. The zero-order chi connectivity index (χ0) is 17.8. The van der Waals surface area contributed by atoms with E-state index >= 15 is 0 Å². The molecule has 2 N–H and O–H groups in total. The molecule has 0 spiro atoms. The largest absolute Gasteiger partial charge is 0.482 e. The molecule has 1 unspecified atom stereocenters. The Bertz CT molecular complexity index is 809. The van der Waals surface area contributed by atoms with Crippen molar-refractivity contribution < 1.29 is 23.5 Å². The highest BCUT2D eigenvalue weighted by Crippen LogP contribution is 2.30. The summed E-state index contributed by atoms with van der Waals surface area (Å²) < 4.78 is 24.4. The Morgan fingerprint density at radius 2 is 2.16 bits per heavy atom. The molecular formula is C18H17FN2O4. The van der Waals surface area contributed by atoms with Crippen LogP contribution in [0.2, 0.25) is 0 Å². The Morgan fingerprint density at radius 1 is 1.36 bits per heavy atom. The van der Waals surface area contributed by atoms with Crippen molar-refractivity contribution in [1.29, 1.82) is 0 Å². The fourth-order valence-electron chi connectivity index (χ4n) is 2.40. The molecule has 7 heteroatoms. The van der Waals surface area contributed by atoms with E-state index in [4.69, 9.17) is 9.47 Å². The molecule has 2 amide bonds. The van der Waals surface area contributed by atoms with Crippen LogP contribution in [0.15, 0.2) is 42.5 Å². The summed E-state index contributed by atoms with van der Waals surface area (Å²) >= 11 is 0. The quantitative estimate of drug-likeness (QED) is 0.874. The van der Waals surface area contributed by atoms with Crippen LogP contribution in [0.4, 0.5) is 15.8 Å². The van der Waals surface area contributed by atoms with E-state index in [0.717, 1.165) is 0 Å². The predicted octanol–water partition coefficient (Wildman–Crippen LogP) is 2.95. The van der Waals surface area contributed by atoms with E-state index < -0.39 is 17.8 Å².